The molecule has 2 atom stereocenters. The van der Waals surface area contributed by atoms with E-state index in [1.54, 1.807) is 6.92 Å². The van der Waals surface area contributed by atoms with Gasteiger partial charge in [0.15, 0.2) is 0 Å². The van der Waals surface area contributed by atoms with Gasteiger partial charge in [-0.2, -0.15) is 0 Å². The van der Waals surface area contributed by atoms with Gasteiger partial charge < -0.3 is 0 Å². The second kappa shape index (κ2) is 3.56. The van der Waals surface area contributed by atoms with Gasteiger partial charge in [0.2, 0.25) is 0 Å². The summed E-state index contributed by atoms with van der Waals surface area (Å²) in [5.74, 6) is 0.556. The first-order chi connectivity index (χ1) is 5.83. The van der Waals surface area contributed by atoms with E-state index in [9.17, 15) is 4.39 Å². The van der Waals surface area contributed by atoms with Crippen LogP contribution in [0.15, 0.2) is 0 Å². The van der Waals surface area contributed by atoms with Crippen molar-refractivity contribution in [1.82, 2.24) is 4.90 Å². The van der Waals surface area contributed by atoms with Crippen molar-refractivity contribution in [1.29, 1.82) is 0 Å². The number of hydrogen-bond acceptors (Lipinski definition) is 1. The molecule has 0 aromatic carbocycles. The van der Waals surface area contributed by atoms with E-state index in [0.717, 1.165) is 0 Å². The van der Waals surface area contributed by atoms with Gasteiger partial charge in [0, 0.05) is 18.6 Å². The van der Waals surface area contributed by atoms with Crippen molar-refractivity contribution in [3.05, 3.63) is 0 Å². The third kappa shape index (κ3) is 2.43. The maximum absolute atomic E-state index is 13.8. The Kier molecular flexibility index (Phi) is 3.01. The third-order valence-electron chi connectivity index (χ3n) is 3.01. The average Bonchev–Trinajstić information content (AvgIpc) is 2.26. The van der Waals surface area contributed by atoms with E-state index in [-0.39, 0.29) is 0 Å². The van der Waals surface area contributed by atoms with E-state index in [1.807, 2.05) is 0 Å². The van der Waals surface area contributed by atoms with Gasteiger partial charge in [-0.1, -0.05) is 13.8 Å². The number of alkyl halides is 1. The maximum Gasteiger partial charge on any atom is 0.122 e. The summed E-state index contributed by atoms with van der Waals surface area (Å²) in [6.07, 6.45) is 0.697. The van der Waals surface area contributed by atoms with Gasteiger partial charge in [0.05, 0.1) is 0 Å². The topological polar surface area (TPSA) is 3.24 Å². The molecule has 0 bridgehead atoms. The van der Waals surface area contributed by atoms with Crippen molar-refractivity contribution in [3.63, 3.8) is 0 Å². The zero-order valence-electron chi connectivity index (χ0n) is 9.47. The molecule has 78 valence electrons. The molecule has 1 heterocycles. The Bertz CT molecular complexity index is 157. The van der Waals surface area contributed by atoms with Gasteiger partial charge in [0.1, 0.15) is 5.67 Å². The van der Waals surface area contributed by atoms with Crippen LogP contribution in [0.5, 0.6) is 0 Å². The molecule has 1 aliphatic rings. The molecule has 1 fully saturated rings. The molecule has 0 spiro atoms. The van der Waals surface area contributed by atoms with E-state index in [2.05, 4.69) is 32.6 Å². The molecule has 13 heavy (non-hydrogen) atoms. The van der Waals surface area contributed by atoms with Crippen molar-refractivity contribution in [2.75, 3.05) is 6.54 Å². The fourth-order valence-corrected chi connectivity index (χ4v) is 2.30. The van der Waals surface area contributed by atoms with Crippen LogP contribution in [0.4, 0.5) is 4.39 Å². The molecule has 0 radical (unpaired) electrons. The molecule has 0 N–H and O–H groups in total. The number of rotatable bonds is 2. The highest BCUT2D eigenvalue weighted by molar-refractivity contribution is 4.96. The predicted molar refractivity (Wildman–Crippen MR) is 54.6 cm³/mol. The minimum atomic E-state index is -0.973. The molecule has 1 aliphatic heterocycles. The van der Waals surface area contributed by atoms with Crippen LogP contribution in [0.2, 0.25) is 0 Å². The van der Waals surface area contributed by atoms with E-state index >= 15 is 0 Å². The lowest BCUT2D eigenvalue weighted by atomic mass is 9.97. The SMILES string of the molecule is CC(C)C1C[C@@](C)(F)CN1C(C)C. The number of nitrogens with zero attached hydrogens (tertiary/aromatic N) is 1. The Morgan fingerprint density at radius 1 is 1.31 bits per heavy atom. The Morgan fingerprint density at radius 2 is 1.85 bits per heavy atom. The van der Waals surface area contributed by atoms with Crippen LogP contribution in [0.3, 0.4) is 0 Å². The molecule has 2 heteroatoms. The monoisotopic (exact) mass is 187 g/mol. The van der Waals surface area contributed by atoms with Crippen LogP contribution < -0.4 is 0 Å². The average molecular weight is 187 g/mol. The van der Waals surface area contributed by atoms with Crippen LogP contribution in [0.25, 0.3) is 0 Å². The normalized spacial score (nSPS) is 36.5. The smallest absolute Gasteiger partial charge is 0.122 e. The van der Waals surface area contributed by atoms with E-state index in [0.29, 0.717) is 31.0 Å². The summed E-state index contributed by atoms with van der Waals surface area (Å²) in [4.78, 5) is 2.30. The van der Waals surface area contributed by atoms with Gasteiger partial charge in [-0.25, -0.2) is 4.39 Å². The summed E-state index contributed by atoms with van der Waals surface area (Å²) in [6.45, 7) is 11.0. The van der Waals surface area contributed by atoms with Crippen LogP contribution in [0.1, 0.15) is 41.0 Å². The lowest BCUT2D eigenvalue weighted by molar-refractivity contribution is 0.149. The molecule has 1 saturated heterocycles. The summed E-state index contributed by atoms with van der Waals surface area (Å²) in [5.41, 5.74) is -0.973. The Balaban J connectivity index is 2.71. The summed E-state index contributed by atoms with van der Waals surface area (Å²) in [5, 5.41) is 0. The highest BCUT2D eigenvalue weighted by Gasteiger charge is 2.42. The summed E-state index contributed by atoms with van der Waals surface area (Å²) < 4.78 is 13.8. The van der Waals surface area contributed by atoms with Crippen LogP contribution in [-0.4, -0.2) is 29.2 Å². The Labute approximate surface area is 81.3 Å². The Morgan fingerprint density at radius 3 is 2.15 bits per heavy atom. The molecule has 1 rings (SSSR count). The predicted octanol–water partition coefficient (Wildman–Crippen LogP) is 2.85. The van der Waals surface area contributed by atoms with Gasteiger partial charge in [-0.05, 0) is 33.1 Å². The summed E-state index contributed by atoms with van der Waals surface area (Å²) in [7, 11) is 0. The fraction of sp³-hybridized carbons (Fsp3) is 1.00. The maximum atomic E-state index is 13.8. The van der Waals surface area contributed by atoms with Crippen LogP contribution in [0, 0.1) is 5.92 Å². The van der Waals surface area contributed by atoms with Crippen LogP contribution in [-0.2, 0) is 0 Å². The number of likely N-dealkylation sites (tertiary alicyclic amines) is 1. The molecule has 1 nitrogen and oxygen atoms in total. The molecule has 0 aromatic heterocycles. The molecular formula is C11H22FN. The van der Waals surface area contributed by atoms with Crippen molar-refractivity contribution >= 4 is 0 Å². The first-order valence-corrected chi connectivity index (χ1v) is 5.28. The highest BCUT2D eigenvalue weighted by Crippen LogP contribution is 2.34. The lowest BCUT2D eigenvalue weighted by Crippen LogP contribution is -2.39. The summed E-state index contributed by atoms with van der Waals surface area (Å²) >= 11 is 0. The van der Waals surface area contributed by atoms with Crippen molar-refractivity contribution < 1.29 is 4.39 Å². The lowest BCUT2D eigenvalue weighted by Gasteiger charge is -2.30. The molecular weight excluding hydrogens is 165 g/mol. The first kappa shape index (κ1) is 11.0. The van der Waals surface area contributed by atoms with Crippen LogP contribution >= 0.6 is 0 Å². The minimum absolute atomic E-state index is 0.426. The molecule has 0 amide bonds. The molecule has 0 saturated carbocycles. The van der Waals surface area contributed by atoms with Gasteiger partial charge in [-0.15, -0.1) is 0 Å². The van der Waals surface area contributed by atoms with E-state index in [4.69, 9.17) is 0 Å². The largest absolute Gasteiger partial charge is 0.294 e. The molecule has 0 aliphatic carbocycles. The molecule has 0 aromatic rings. The number of halogens is 1. The van der Waals surface area contributed by atoms with E-state index < -0.39 is 5.67 Å². The minimum Gasteiger partial charge on any atom is -0.294 e. The van der Waals surface area contributed by atoms with Crippen molar-refractivity contribution in [2.45, 2.75) is 58.8 Å². The van der Waals surface area contributed by atoms with E-state index in [1.165, 1.54) is 0 Å². The van der Waals surface area contributed by atoms with Gasteiger partial charge in [-0.3, -0.25) is 4.90 Å². The zero-order chi connectivity index (χ0) is 10.2. The summed E-state index contributed by atoms with van der Waals surface area (Å²) in [6, 6.07) is 0.889. The van der Waals surface area contributed by atoms with Crippen molar-refractivity contribution in [2.24, 2.45) is 5.92 Å². The zero-order valence-corrected chi connectivity index (χ0v) is 9.47. The van der Waals surface area contributed by atoms with Crippen molar-refractivity contribution in [3.8, 4) is 0 Å². The second-order valence-corrected chi connectivity index (χ2v) is 5.19. The number of hydrogen-bond donors (Lipinski definition) is 0. The quantitative estimate of drug-likeness (QED) is 0.642. The third-order valence-corrected chi connectivity index (χ3v) is 3.01. The first-order valence-electron chi connectivity index (χ1n) is 5.28. The Hall–Kier alpha value is -0.110. The van der Waals surface area contributed by atoms with Gasteiger partial charge >= 0.3 is 0 Å². The fourth-order valence-electron chi connectivity index (χ4n) is 2.30. The highest BCUT2D eigenvalue weighted by atomic mass is 19.1. The second-order valence-electron chi connectivity index (χ2n) is 5.19. The molecule has 1 unspecified atom stereocenters. The van der Waals surface area contributed by atoms with Gasteiger partial charge in [0.25, 0.3) is 0 Å². The standard InChI is InChI=1S/C11H22FN/c1-8(2)10-6-11(5,12)7-13(10)9(3)4/h8-10H,6-7H2,1-5H3/t10?,11-/m1/s1.